The summed E-state index contributed by atoms with van der Waals surface area (Å²) in [5.74, 6) is -0.499. The maximum Gasteiger partial charge on any atom is 0.335 e. The van der Waals surface area contributed by atoms with E-state index in [2.05, 4.69) is 10.2 Å². The van der Waals surface area contributed by atoms with Crippen LogP contribution in [0.2, 0.25) is 0 Å². The number of nitrogens with one attached hydrogen (secondary N) is 1. The van der Waals surface area contributed by atoms with Crippen LogP contribution in [0, 0.1) is 5.41 Å². The van der Waals surface area contributed by atoms with Gasteiger partial charge in [0.1, 0.15) is 5.75 Å². The molecule has 2 aromatic rings. The molecule has 2 fully saturated rings. The normalized spacial score (nSPS) is 25.6. The van der Waals surface area contributed by atoms with Crippen LogP contribution in [0.15, 0.2) is 48.5 Å². The van der Waals surface area contributed by atoms with Crippen molar-refractivity contribution >= 4 is 29.2 Å². The summed E-state index contributed by atoms with van der Waals surface area (Å²) in [7, 11) is 1.54. The summed E-state index contributed by atoms with van der Waals surface area (Å²) in [5, 5.41) is 2.43. The van der Waals surface area contributed by atoms with Crippen LogP contribution in [-0.4, -0.2) is 50.8 Å². The second-order valence-corrected chi connectivity index (χ2v) is 7.66. The molecule has 5 rings (SSSR count). The highest BCUT2D eigenvalue weighted by Gasteiger charge is 2.62. The summed E-state index contributed by atoms with van der Waals surface area (Å²) in [6.45, 7) is 1.32. The SMILES string of the molecule is COc1ccc(N2C(=O)NC(=O)[C@@]3(Cc4ccccc4N4CCOC[C@@H]43)C2=O)cc1. The maximum absolute atomic E-state index is 13.9. The number of imide groups is 2. The van der Waals surface area contributed by atoms with Crippen molar-refractivity contribution < 1.29 is 23.9 Å². The Morgan fingerprint density at radius 1 is 1.10 bits per heavy atom. The molecule has 1 N–H and O–H groups in total. The molecule has 3 heterocycles. The lowest BCUT2D eigenvalue weighted by Gasteiger charge is -2.53. The number of ether oxygens (including phenoxy) is 2. The van der Waals surface area contributed by atoms with E-state index in [4.69, 9.17) is 9.47 Å². The van der Waals surface area contributed by atoms with Crippen LogP contribution in [0.4, 0.5) is 16.2 Å². The molecular formula is C22H21N3O5. The second kappa shape index (κ2) is 6.84. The number of amides is 4. The van der Waals surface area contributed by atoms with Crippen molar-refractivity contribution in [2.45, 2.75) is 12.5 Å². The summed E-state index contributed by atoms with van der Waals surface area (Å²) in [5.41, 5.74) is 0.836. The first-order valence-electron chi connectivity index (χ1n) is 9.82. The molecule has 4 amide bonds. The first kappa shape index (κ1) is 18.6. The average molecular weight is 407 g/mol. The number of carbonyl (C=O) groups is 3. The van der Waals surface area contributed by atoms with E-state index in [-0.39, 0.29) is 13.0 Å². The van der Waals surface area contributed by atoms with Gasteiger partial charge in [0, 0.05) is 12.2 Å². The number of anilines is 2. The van der Waals surface area contributed by atoms with E-state index >= 15 is 0 Å². The van der Waals surface area contributed by atoms with Gasteiger partial charge in [0.15, 0.2) is 5.41 Å². The minimum atomic E-state index is -1.46. The van der Waals surface area contributed by atoms with Crippen LogP contribution in [0.25, 0.3) is 0 Å². The number of urea groups is 1. The van der Waals surface area contributed by atoms with Gasteiger partial charge in [-0.25, -0.2) is 9.69 Å². The Hall–Kier alpha value is -3.39. The average Bonchev–Trinajstić information content (AvgIpc) is 2.78. The van der Waals surface area contributed by atoms with Crippen LogP contribution < -0.4 is 19.9 Å². The molecule has 3 aliphatic rings. The molecule has 2 aromatic carbocycles. The number of hydrogen-bond donors (Lipinski definition) is 1. The summed E-state index contributed by atoms with van der Waals surface area (Å²) in [4.78, 5) is 43.0. The lowest BCUT2D eigenvalue weighted by Crippen LogP contribution is -2.74. The molecule has 0 bridgehead atoms. The fraction of sp³-hybridized carbons (Fsp3) is 0.318. The zero-order valence-electron chi connectivity index (χ0n) is 16.5. The van der Waals surface area contributed by atoms with E-state index < -0.39 is 29.3 Å². The van der Waals surface area contributed by atoms with Gasteiger partial charge in [0.25, 0.3) is 5.91 Å². The Bertz CT molecular complexity index is 1040. The molecule has 0 saturated carbocycles. The predicted octanol–water partition coefficient (Wildman–Crippen LogP) is 1.73. The quantitative estimate of drug-likeness (QED) is 0.763. The molecule has 0 aliphatic carbocycles. The first-order valence-corrected chi connectivity index (χ1v) is 9.82. The van der Waals surface area contributed by atoms with Crippen LogP contribution in [0.3, 0.4) is 0 Å². The zero-order valence-corrected chi connectivity index (χ0v) is 16.5. The fourth-order valence-electron chi connectivity index (χ4n) is 4.73. The van der Waals surface area contributed by atoms with E-state index in [0.717, 1.165) is 16.2 Å². The van der Waals surface area contributed by atoms with E-state index in [0.29, 0.717) is 24.6 Å². The molecule has 1 spiro atoms. The van der Waals surface area contributed by atoms with Crippen molar-refractivity contribution in [3.05, 3.63) is 54.1 Å². The van der Waals surface area contributed by atoms with Crippen LogP contribution >= 0.6 is 0 Å². The number of morpholine rings is 1. The van der Waals surface area contributed by atoms with E-state index in [9.17, 15) is 14.4 Å². The van der Waals surface area contributed by atoms with Crippen LogP contribution in [-0.2, 0) is 20.7 Å². The number of barbiturate groups is 1. The predicted molar refractivity (Wildman–Crippen MR) is 109 cm³/mol. The standard InChI is InChI=1S/C22H21N3O5/c1-29-16-8-6-15(7-9-16)25-20(27)22(19(26)23-21(25)28)12-14-4-2-3-5-17(14)24-10-11-30-13-18(22)24/h2-9,18H,10-13H2,1H3,(H,23,26,28)/t18-,22+/m1/s1. The first-order chi connectivity index (χ1) is 14.6. The number of nitrogens with zero attached hydrogens (tertiary/aromatic N) is 2. The van der Waals surface area contributed by atoms with Crippen LogP contribution in [0.5, 0.6) is 5.75 Å². The number of hydrogen-bond acceptors (Lipinski definition) is 6. The third kappa shape index (κ3) is 2.53. The molecule has 0 aromatic heterocycles. The monoisotopic (exact) mass is 407 g/mol. The van der Waals surface area contributed by atoms with E-state index in [1.807, 2.05) is 24.3 Å². The van der Waals surface area contributed by atoms with Crippen molar-refractivity contribution in [3.8, 4) is 5.75 Å². The van der Waals surface area contributed by atoms with Gasteiger partial charge in [-0.3, -0.25) is 14.9 Å². The Morgan fingerprint density at radius 3 is 2.63 bits per heavy atom. The lowest BCUT2D eigenvalue weighted by molar-refractivity contribution is -0.146. The van der Waals surface area contributed by atoms with Gasteiger partial charge in [-0.1, -0.05) is 18.2 Å². The highest BCUT2D eigenvalue weighted by atomic mass is 16.5. The van der Waals surface area contributed by atoms with Crippen LogP contribution in [0.1, 0.15) is 5.56 Å². The largest absolute Gasteiger partial charge is 0.497 e. The fourth-order valence-corrected chi connectivity index (χ4v) is 4.73. The summed E-state index contributed by atoms with van der Waals surface area (Å²) < 4.78 is 10.8. The highest BCUT2D eigenvalue weighted by Crippen LogP contribution is 2.45. The molecule has 30 heavy (non-hydrogen) atoms. The van der Waals surface area contributed by atoms with Crippen molar-refractivity contribution in [2.24, 2.45) is 5.41 Å². The topological polar surface area (TPSA) is 88.2 Å². The molecule has 8 nitrogen and oxygen atoms in total. The Morgan fingerprint density at radius 2 is 1.87 bits per heavy atom. The molecule has 0 unspecified atom stereocenters. The van der Waals surface area contributed by atoms with Gasteiger partial charge in [-0.2, -0.15) is 0 Å². The van der Waals surface area contributed by atoms with Gasteiger partial charge >= 0.3 is 6.03 Å². The van der Waals surface area contributed by atoms with Crippen molar-refractivity contribution in [2.75, 3.05) is 36.7 Å². The molecule has 3 aliphatic heterocycles. The highest BCUT2D eigenvalue weighted by molar-refractivity contribution is 6.30. The molecule has 8 heteroatoms. The molecule has 154 valence electrons. The number of rotatable bonds is 2. The van der Waals surface area contributed by atoms with E-state index in [1.54, 1.807) is 31.4 Å². The molecule has 2 saturated heterocycles. The Kier molecular flexibility index (Phi) is 4.25. The Balaban J connectivity index is 1.63. The summed E-state index contributed by atoms with van der Waals surface area (Å²) in [6.07, 6.45) is 0.207. The minimum absolute atomic E-state index is 0.207. The van der Waals surface area contributed by atoms with Crippen molar-refractivity contribution in [3.63, 3.8) is 0 Å². The van der Waals surface area contributed by atoms with Gasteiger partial charge in [-0.15, -0.1) is 0 Å². The number of benzene rings is 2. The van der Waals surface area contributed by atoms with E-state index in [1.165, 1.54) is 0 Å². The molecular weight excluding hydrogens is 386 g/mol. The molecule has 0 radical (unpaired) electrons. The lowest BCUT2D eigenvalue weighted by atomic mass is 9.68. The van der Waals surface area contributed by atoms with Gasteiger partial charge in [0.2, 0.25) is 5.91 Å². The summed E-state index contributed by atoms with van der Waals surface area (Å²) >= 11 is 0. The van der Waals surface area contributed by atoms with Gasteiger partial charge in [-0.05, 0) is 42.3 Å². The van der Waals surface area contributed by atoms with Gasteiger partial charge in [0.05, 0.1) is 32.1 Å². The number of fused-ring (bicyclic) bond motifs is 4. The maximum atomic E-state index is 13.9. The third-order valence-corrected chi connectivity index (χ3v) is 6.21. The Labute approximate surface area is 173 Å². The second-order valence-electron chi connectivity index (χ2n) is 7.66. The number of carbonyl (C=O) groups excluding carboxylic acids is 3. The summed E-state index contributed by atoms with van der Waals surface area (Å²) in [6, 6.07) is 13.1. The third-order valence-electron chi connectivity index (χ3n) is 6.21. The van der Waals surface area contributed by atoms with Crippen molar-refractivity contribution in [1.82, 2.24) is 5.32 Å². The van der Waals surface area contributed by atoms with Gasteiger partial charge < -0.3 is 14.4 Å². The zero-order chi connectivity index (χ0) is 20.9. The number of methoxy groups -OCH3 is 1. The molecule has 2 atom stereocenters. The number of para-hydroxylation sites is 1. The minimum Gasteiger partial charge on any atom is -0.497 e. The van der Waals surface area contributed by atoms with Crippen molar-refractivity contribution in [1.29, 1.82) is 0 Å². The smallest absolute Gasteiger partial charge is 0.335 e.